The predicted octanol–water partition coefficient (Wildman–Crippen LogP) is 3.93. The molecule has 0 fully saturated rings. The van der Waals surface area contributed by atoms with Crippen molar-refractivity contribution in [1.82, 2.24) is 4.90 Å². The van der Waals surface area contributed by atoms with Crippen molar-refractivity contribution in [3.8, 4) is 5.75 Å². The van der Waals surface area contributed by atoms with Crippen LogP contribution in [-0.4, -0.2) is 42.7 Å². The molecule has 2 rings (SSSR count). The van der Waals surface area contributed by atoms with Gasteiger partial charge in [-0.3, -0.25) is 9.59 Å². The molecule has 1 atom stereocenters. The first-order chi connectivity index (χ1) is 12.4. The fourth-order valence-corrected chi connectivity index (χ4v) is 2.99. The van der Waals surface area contributed by atoms with E-state index in [0.29, 0.717) is 10.8 Å². The second-order valence-corrected chi connectivity index (χ2v) is 6.94. The number of likely N-dealkylation sites (N-methyl/N-ethyl adjacent to an activating group) is 1. The van der Waals surface area contributed by atoms with Gasteiger partial charge in [-0.05, 0) is 49.6 Å². The van der Waals surface area contributed by atoms with Gasteiger partial charge in [-0.15, -0.1) is 11.8 Å². The third-order valence-electron chi connectivity index (χ3n) is 3.61. The largest absolute Gasteiger partial charge is 0.481 e. The van der Waals surface area contributed by atoms with Crippen LogP contribution < -0.4 is 10.1 Å². The summed E-state index contributed by atoms with van der Waals surface area (Å²) in [6, 6.07) is 14.3. The number of para-hydroxylation sites is 1. The Morgan fingerprint density at radius 1 is 1.19 bits per heavy atom. The predicted molar refractivity (Wildman–Crippen MR) is 106 cm³/mol. The van der Waals surface area contributed by atoms with E-state index in [9.17, 15) is 9.59 Å². The Labute approximate surface area is 162 Å². The maximum atomic E-state index is 12.4. The number of hydrogen-bond acceptors (Lipinski definition) is 4. The van der Waals surface area contributed by atoms with Crippen LogP contribution in [0.25, 0.3) is 0 Å². The second kappa shape index (κ2) is 9.50. The minimum atomic E-state index is -0.715. The lowest BCUT2D eigenvalue weighted by molar-refractivity contribution is -0.139. The molecule has 7 heteroatoms. The molecule has 1 N–H and O–H groups in total. The van der Waals surface area contributed by atoms with Crippen molar-refractivity contribution in [1.29, 1.82) is 0 Å². The fraction of sp³-hybridized carbons (Fsp3) is 0.263. The van der Waals surface area contributed by atoms with E-state index in [2.05, 4.69) is 5.32 Å². The van der Waals surface area contributed by atoms with Gasteiger partial charge in [0.05, 0.1) is 12.2 Å². The molecule has 0 heterocycles. The minimum absolute atomic E-state index is 0.0597. The second-order valence-electron chi connectivity index (χ2n) is 5.66. The summed E-state index contributed by atoms with van der Waals surface area (Å²) in [5.41, 5.74) is 0.733. The number of anilines is 1. The molecular weight excluding hydrogens is 372 g/mol. The molecule has 0 aromatic heterocycles. The Balaban J connectivity index is 1.90. The highest BCUT2D eigenvalue weighted by atomic mass is 35.5. The van der Waals surface area contributed by atoms with Crippen LogP contribution in [-0.2, 0) is 9.59 Å². The topological polar surface area (TPSA) is 58.6 Å². The number of nitrogens with zero attached hydrogens (tertiary/aromatic N) is 1. The third kappa shape index (κ3) is 5.68. The number of amides is 2. The Kier molecular flexibility index (Phi) is 7.36. The molecule has 0 spiro atoms. The lowest BCUT2D eigenvalue weighted by Crippen LogP contribution is -2.42. The van der Waals surface area contributed by atoms with Gasteiger partial charge < -0.3 is 15.0 Å². The van der Waals surface area contributed by atoms with Crippen molar-refractivity contribution in [2.75, 3.05) is 25.2 Å². The van der Waals surface area contributed by atoms with E-state index < -0.39 is 6.10 Å². The molecule has 0 aliphatic heterocycles. The maximum Gasteiger partial charge on any atom is 0.263 e. The molecule has 5 nitrogen and oxygen atoms in total. The fourth-order valence-electron chi connectivity index (χ4n) is 2.31. The Morgan fingerprint density at radius 3 is 2.50 bits per heavy atom. The zero-order valence-corrected chi connectivity index (χ0v) is 16.4. The molecule has 1 unspecified atom stereocenters. The Hall–Kier alpha value is -2.18. The number of hydrogen-bond donors (Lipinski definition) is 1. The molecule has 0 saturated carbocycles. The van der Waals surface area contributed by atoms with Crippen LogP contribution in [0.4, 0.5) is 5.69 Å². The van der Waals surface area contributed by atoms with Crippen LogP contribution in [0, 0.1) is 0 Å². The number of halogens is 1. The zero-order chi connectivity index (χ0) is 19.1. The summed E-state index contributed by atoms with van der Waals surface area (Å²) in [6.07, 6.45) is 1.23. The van der Waals surface area contributed by atoms with Gasteiger partial charge >= 0.3 is 0 Å². The molecule has 0 radical (unpaired) electrons. The van der Waals surface area contributed by atoms with Crippen LogP contribution in [0.2, 0.25) is 5.02 Å². The summed E-state index contributed by atoms with van der Waals surface area (Å²) in [7, 11) is 1.57. The van der Waals surface area contributed by atoms with Crippen LogP contribution in [0.15, 0.2) is 53.4 Å². The summed E-state index contributed by atoms with van der Waals surface area (Å²) < 4.78 is 5.60. The average Bonchev–Trinajstić information content (AvgIpc) is 2.63. The minimum Gasteiger partial charge on any atom is -0.481 e. The van der Waals surface area contributed by atoms with Crippen molar-refractivity contribution >= 4 is 40.9 Å². The van der Waals surface area contributed by atoms with Gasteiger partial charge in [0.15, 0.2) is 6.10 Å². The molecule has 26 heavy (non-hydrogen) atoms. The number of ether oxygens (including phenoxy) is 1. The summed E-state index contributed by atoms with van der Waals surface area (Å²) in [5, 5.41) is 3.43. The molecule has 0 bridgehead atoms. The quantitative estimate of drug-likeness (QED) is 0.725. The smallest absolute Gasteiger partial charge is 0.263 e. The maximum absolute atomic E-state index is 12.4. The highest BCUT2D eigenvalue weighted by molar-refractivity contribution is 7.98. The van der Waals surface area contributed by atoms with Crippen molar-refractivity contribution < 1.29 is 14.3 Å². The van der Waals surface area contributed by atoms with Gasteiger partial charge in [0.1, 0.15) is 5.75 Å². The van der Waals surface area contributed by atoms with E-state index in [-0.39, 0.29) is 18.4 Å². The standard InChI is InChI=1S/C19H21ClN2O3S/c1-13(25-15-10-8-14(20)9-11-15)19(24)22(2)12-18(23)21-16-6-4-5-7-17(16)26-3/h4-11,13H,12H2,1-3H3,(H,21,23). The number of carbonyl (C=O) groups excluding carboxylic acids is 2. The van der Waals surface area contributed by atoms with Crippen molar-refractivity contribution in [2.24, 2.45) is 0 Å². The Morgan fingerprint density at radius 2 is 1.85 bits per heavy atom. The van der Waals surface area contributed by atoms with Crippen LogP contribution in [0.3, 0.4) is 0 Å². The molecular formula is C19H21ClN2O3S. The van der Waals surface area contributed by atoms with E-state index in [1.165, 1.54) is 4.90 Å². The van der Waals surface area contributed by atoms with E-state index in [4.69, 9.17) is 16.3 Å². The summed E-state index contributed by atoms with van der Waals surface area (Å²) in [6.45, 7) is 1.59. The average molecular weight is 393 g/mol. The molecule has 2 aromatic rings. The van der Waals surface area contributed by atoms with E-state index in [1.54, 1.807) is 50.0 Å². The molecule has 2 amide bonds. The molecule has 0 saturated heterocycles. The summed E-state index contributed by atoms with van der Waals surface area (Å²) in [4.78, 5) is 27.0. The number of thioether (sulfide) groups is 1. The zero-order valence-electron chi connectivity index (χ0n) is 14.9. The number of nitrogens with one attached hydrogen (secondary N) is 1. The third-order valence-corrected chi connectivity index (χ3v) is 4.66. The molecule has 0 aliphatic rings. The van der Waals surface area contributed by atoms with Crippen molar-refractivity contribution in [2.45, 2.75) is 17.9 Å². The van der Waals surface area contributed by atoms with Gasteiger partial charge in [0.25, 0.3) is 5.91 Å². The van der Waals surface area contributed by atoms with Crippen LogP contribution >= 0.6 is 23.4 Å². The van der Waals surface area contributed by atoms with Gasteiger partial charge in [-0.1, -0.05) is 23.7 Å². The van der Waals surface area contributed by atoms with Gasteiger partial charge in [0.2, 0.25) is 5.91 Å². The SMILES string of the molecule is CSc1ccccc1NC(=O)CN(C)C(=O)C(C)Oc1ccc(Cl)cc1. The van der Waals surface area contributed by atoms with Gasteiger partial charge in [-0.25, -0.2) is 0 Å². The lowest BCUT2D eigenvalue weighted by atomic mass is 10.3. The molecule has 2 aromatic carbocycles. The van der Waals surface area contributed by atoms with Crippen molar-refractivity contribution in [3.05, 3.63) is 53.6 Å². The molecule has 138 valence electrons. The number of benzene rings is 2. The van der Waals surface area contributed by atoms with E-state index >= 15 is 0 Å². The first kappa shape index (κ1) is 20.1. The lowest BCUT2D eigenvalue weighted by Gasteiger charge is -2.22. The van der Waals surface area contributed by atoms with Crippen LogP contribution in [0.5, 0.6) is 5.75 Å². The number of rotatable bonds is 7. The summed E-state index contributed by atoms with van der Waals surface area (Å²) >= 11 is 7.37. The Bertz CT molecular complexity index is 768. The van der Waals surface area contributed by atoms with Crippen LogP contribution in [0.1, 0.15) is 6.92 Å². The van der Waals surface area contributed by atoms with E-state index in [1.807, 2.05) is 30.5 Å². The first-order valence-electron chi connectivity index (χ1n) is 8.00. The van der Waals surface area contributed by atoms with Crippen molar-refractivity contribution in [3.63, 3.8) is 0 Å². The van der Waals surface area contributed by atoms with E-state index in [0.717, 1.165) is 10.6 Å². The van der Waals surface area contributed by atoms with Gasteiger partial charge in [0, 0.05) is 17.0 Å². The summed E-state index contributed by atoms with van der Waals surface area (Å²) in [5.74, 6) is -0.00343. The monoisotopic (exact) mass is 392 g/mol. The first-order valence-corrected chi connectivity index (χ1v) is 9.61. The normalized spacial score (nSPS) is 11.5. The van der Waals surface area contributed by atoms with Gasteiger partial charge in [-0.2, -0.15) is 0 Å². The number of carbonyl (C=O) groups is 2. The molecule has 0 aliphatic carbocycles. The highest BCUT2D eigenvalue weighted by Gasteiger charge is 2.21. The highest BCUT2D eigenvalue weighted by Crippen LogP contribution is 2.24.